The first-order valence-electron chi connectivity index (χ1n) is 5.24. The monoisotopic (exact) mass is 187 g/mol. The molecule has 13 heavy (non-hydrogen) atoms. The number of nitrogens with zero attached hydrogens (tertiary/aromatic N) is 1. The number of rotatable bonds is 3. The summed E-state index contributed by atoms with van der Waals surface area (Å²) in [6.07, 6.45) is 2.29. The van der Waals surface area contributed by atoms with E-state index in [2.05, 4.69) is 11.8 Å². The standard InChI is InChI=1S/C10H21NO2/c1-3-10-8-11(7-9(2)12)5-4-6-13-10/h9-10,12H,3-8H2,1-2H3. The van der Waals surface area contributed by atoms with E-state index in [0.29, 0.717) is 6.10 Å². The van der Waals surface area contributed by atoms with Crippen molar-refractivity contribution in [2.45, 2.75) is 38.9 Å². The fraction of sp³-hybridized carbons (Fsp3) is 1.00. The highest BCUT2D eigenvalue weighted by Gasteiger charge is 2.17. The van der Waals surface area contributed by atoms with Gasteiger partial charge in [0.25, 0.3) is 0 Å². The predicted octanol–water partition coefficient (Wildman–Crippen LogP) is 0.868. The van der Waals surface area contributed by atoms with E-state index < -0.39 is 0 Å². The Morgan fingerprint density at radius 2 is 2.38 bits per heavy atom. The van der Waals surface area contributed by atoms with Gasteiger partial charge in [0.05, 0.1) is 12.2 Å². The number of aliphatic hydroxyl groups excluding tert-OH is 1. The maximum atomic E-state index is 9.27. The molecule has 2 unspecified atom stereocenters. The van der Waals surface area contributed by atoms with Gasteiger partial charge < -0.3 is 9.84 Å². The third-order valence-electron chi connectivity index (χ3n) is 2.41. The smallest absolute Gasteiger partial charge is 0.0699 e. The molecule has 3 heteroatoms. The SMILES string of the molecule is CCC1CN(CC(C)O)CCCO1. The van der Waals surface area contributed by atoms with Crippen molar-refractivity contribution in [2.24, 2.45) is 0 Å². The molecule has 0 aromatic rings. The molecule has 1 fully saturated rings. The van der Waals surface area contributed by atoms with E-state index >= 15 is 0 Å². The highest BCUT2D eigenvalue weighted by Crippen LogP contribution is 2.08. The number of aliphatic hydroxyl groups is 1. The molecule has 1 heterocycles. The van der Waals surface area contributed by atoms with E-state index in [9.17, 15) is 5.11 Å². The summed E-state index contributed by atoms with van der Waals surface area (Å²) in [7, 11) is 0. The molecule has 3 nitrogen and oxygen atoms in total. The van der Waals surface area contributed by atoms with Gasteiger partial charge in [-0.2, -0.15) is 0 Å². The summed E-state index contributed by atoms with van der Waals surface area (Å²) in [5.41, 5.74) is 0. The maximum Gasteiger partial charge on any atom is 0.0699 e. The summed E-state index contributed by atoms with van der Waals surface area (Å²) in [5, 5.41) is 9.27. The second kappa shape index (κ2) is 5.58. The number of β-amino-alcohol motifs (C(OH)–C–C–N with tert-alkyl or cyclic N) is 1. The molecule has 0 radical (unpaired) electrons. The van der Waals surface area contributed by atoms with Crippen molar-refractivity contribution in [3.8, 4) is 0 Å². The Kier molecular flexibility index (Phi) is 4.70. The van der Waals surface area contributed by atoms with Gasteiger partial charge >= 0.3 is 0 Å². The summed E-state index contributed by atoms with van der Waals surface area (Å²) in [6.45, 7) is 7.67. The van der Waals surface area contributed by atoms with Gasteiger partial charge in [-0.3, -0.25) is 4.90 Å². The molecule has 1 aliphatic heterocycles. The summed E-state index contributed by atoms with van der Waals surface area (Å²) in [4.78, 5) is 2.30. The Morgan fingerprint density at radius 3 is 3.00 bits per heavy atom. The summed E-state index contributed by atoms with van der Waals surface area (Å²) >= 11 is 0. The minimum Gasteiger partial charge on any atom is -0.392 e. The van der Waals surface area contributed by atoms with Crippen molar-refractivity contribution in [1.29, 1.82) is 0 Å². The van der Waals surface area contributed by atoms with Gasteiger partial charge in [-0.1, -0.05) is 6.92 Å². The van der Waals surface area contributed by atoms with E-state index in [1.165, 1.54) is 0 Å². The molecule has 0 aromatic heterocycles. The zero-order valence-electron chi connectivity index (χ0n) is 8.70. The van der Waals surface area contributed by atoms with E-state index in [1.807, 2.05) is 6.92 Å². The molecular weight excluding hydrogens is 166 g/mol. The van der Waals surface area contributed by atoms with Crippen molar-refractivity contribution >= 4 is 0 Å². The lowest BCUT2D eigenvalue weighted by Gasteiger charge is -2.23. The molecule has 1 saturated heterocycles. The topological polar surface area (TPSA) is 32.7 Å². The first-order chi connectivity index (χ1) is 6.22. The van der Waals surface area contributed by atoms with Crippen LogP contribution in [0.5, 0.6) is 0 Å². The minimum absolute atomic E-state index is 0.226. The van der Waals surface area contributed by atoms with Crippen LogP contribution in [0.3, 0.4) is 0 Å². The van der Waals surface area contributed by atoms with Crippen LogP contribution in [-0.4, -0.2) is 48.5 Å². The molecule has 0 aromatic carbocycles. The Balaban J connectivity index is 2.35. The van der Waals surface area contributed by atoms with E-state index in [4.69, 9.17) is 4.74 Å². The second-order valence-electron chi connectivity index (χ2n) is 3.86. The van der Waals surface area contributed by atoms with E-state index in [0.717, 1.165) is 39.1 Å². The molecule has 0 spiro atoms. The predicted molar refractivity (Wildman–Crippen MR) is 52.8 cm³/mol. The Morgan fingerprint density at radius 1 is 1.62 bits per heavy atom. The highest BCUT2D eigenvalue weighted by atomic mass is 16.5. The molecule has 1 aliphatic rings. The third kappa shape index (κ3) is 4.07. The Hall–Kier alpha value is -0.120. The van der Waals surface area contributed by atoms with Crippen molar-refractivity contribution < 1.29 is 9.84 Å². The van der Waals surface area contributed by atoms with Crippen molar-refractivity contribution in [1.82, 2.24) is 4.90 Å². The molecule has 0 amide bonds. The largest absolute Gasteiger partial charge is 0.392 e. The number of hydrogen-bond acceptors (Lipinski definition) is 3. The van der Waals surface area contributed by atoms with Gasteiger partial charge in [-0.05, 0) is 19.8 Å². The summed E-state index contributed by atoms with van der Waals surface area (Å²) < 4.78 is 5.64. The van der Waals surface area contributed by atoms with Gasteiger partial charge in [0.1, 0.15) is 0 Å². The van der Waals surface area contributed by atoms with E-state index in [-0.39, 0.29) is 6.10 Å². The zero-order valence-corrected chi connectivity index (χ0v) is 8.70. The molecule has 78 valence electrons. The Bertz CT molecular complexity index is 139. The van der Waals surface area contributed by atoms with Crippen LogP contribution >= 0.6 is 0 Å². The lowest BCUT2D eigenvalue weighted by Crippen LogP contribution is -2.36. The van der Waals surface area contributed by atoms with Crippen LogP contribution in [0.1, 0.15) is 26.7 Å². The average Bonchev–Trinajstić information content (AvgIpc) is 2.28. The molecule has 1 N–H and O–H groups in total. The third-order valence-corrected chi connectivity index (χ3v) is 2.41. The van der Waals surface area contributed by atoms with Crippen LogP contribution in [0.25, 0.3) is 0 Å². The lowest BCUT2D eigenvalue weighted by atomic mass is 10.2. The van der Waals surface area contributed by atoms with Crippen LogP contribution < -0.4 is 0 Å². The normalized spacial score (nSPS) is 28.4. The van der Waals surface area contributed by atoms with Crippen LogP contribution in [0, 0.1) is 0 Å². The van der Waals surface area contributed by atoms with Gasteiger partial charge in [-0.25, -0.2) is 0 Å². The van der Waals surface area contributed by atoms with E-state index in [1.54, 1.807) is 0 Å². The minimum atomic E-state index is -0.226. The maximum absolute atomic E-state index is 9.27. The van der Waals surface area contributed by atoms with Gasteiger partial charge in [-0.15, -0.1) is 0 Å². The van der Waals surface area contributed by atoms with Gasteiger partial charge in [0, 0.05) is 26.2 Å². The number of hydrogen-bond donors (Lipinski definition) is 1. The fourth-order valence-electron chi connectivity index (χ4n) is 1.76. The summed E-state index contributed by atoms with van der Waals surface area (Å²) in [6, 6.07) is 0. The molecule has 0 bridgehead atoms. The molecule has 2 atom stereocenters. The van der Waals surface area contributed by atoms with Crippen LogP contribution in [-0.2, 0) is 4.74 Å². The Labute approximate surface area is 80.7 Å². The first-order valence-corrected chi connectivity index (χ1v) is 5.24. The van der Waals surface area contributed by atoms with Gasteiger partial charge in [0.2, 0.25) is 0 Å². The van der Waals surface area contributed by atoms with Crippen molar-refractivity contribution in [3.05, 3.63) is 0 Å². The highest BCUT2D eigenvalue weighted by molar-refractivity contribution is 4.70. The molecular formula is C10H21NO2. The molecule has 1 rings (SSSR count). The summed E-state index contributed by atoms with van der Waals surface area (Å²) in [5.74, 6) is 0. The fourth-order valence-corrected chi connectivity index (χ4v) is 1.76. The van der Waals surface area contributed by atoms with Crippen LogP contribution in [0.15, 0.2) is 0 Å². The zero-order chi connectivity index (χ0) is 9.68. The van der Waals surface area contributed by atoms with Crippen molar-refractivity contribution in [2.75, 3.05) is 26.2 Å². The van der Waals surface area contributed by atoms with Crippen LogP contribution in [0.4, 0.5) is 0 Å². The average molecular weight is 187 g/mol. The van der Waals surface area contributed by atoms with Crippen molar-refractivity contribution in [3.63, 3.8) is 0 Å². The second-order valence-corrected chi connectivity index (χ2v) is 3.86. The first kappa shape index (κ1) is 11.0. The van der Waals surface area contributed by atoms with Gasteiger partial charge in [0.15, 0.2) is 0 Å². The van der Waals surface area contributed by atoms with Crippen LogP contribution in [0.2, 0.25) is 0 Å². The molecule has 0 aliphatic carbocycles. The number of ether oxygens (including phenoxy) is 1. The lowest BCUT2D eigenvalue weighted by molar-refractivity contribution is 0.0446. The molecule has 0 saturated carbocycles. The quantitative estimate of drug-likeness (QED) is 0.711.